The van der Waals surface area contributed by atoms with Crippen LogP contribution in [-0.2, 0) is 4.74 Å². The molecular weight excluding hydrogens is 231 g/mol. The van der Waals surface area contributed by atoms with Gasteiger partial charge in [0.25, 0.3) is 0 Å². The van der Waals surface area contributed by atoms with Crippen LogP contribution in [0.5, 0.6) is 0 Å². The second-order valence-electron chi connectivity index (χ2n) is 4.42. The van der Waals surface area contributed by atoms with Gasteiger partial charge in [0.15, 0.2) is 0 Å². The minimum absolute atomic E-state index is 0.166. The number of halogens is 3. The lowest BCUT2D eigenvalue weighted by Gasteiger charge is -2.14. The van der Waals surface area contributed by atoms with Crippen molar-refractivity contribution in [3.63, 3.8) is 0 Å². The SMILES string of the molecule is COCCCCCNC(C)CCCC(F)(F)F. The average molecular weight is 255 g/mol. The van der Waals surface area contributed by atoms with Gasteiger partial charge >= 0.3 is 6.18 Å². The van der Waals surface area contributed by atoms with Gasteiger partial charge in [-0.15, -0.1) is 0 Å². The van der Waals surface area contributed by atoms with Crippen molar-refractivity contribution in [1.82, 2.24) is 5.32 Å². The molecule has 0 spiro atoms. The molecule has 0 aromatic rings. The molecule has 1 unspecified atom stereocenters. The number of nitrogens with one attached hydrogen (secondary N) is 1. The lowest BCUT2D eigenvalue weighted by atomic mass is 10.1. The molecule has 104 valence electrons. The van der Waals surface area contributed by atoms with Gasteiger partial charge < -0.3 is 10.1 Å². The summed E-state index contributed by atoms with van der Waals surface area (Å²) in [6, 6.07) is 0.166. The second-order valence-corrected chi connectivity index (χ2v) is 4.42. The van der Waals surface area contributed by atoms with E-state index in [1.165, 1.54) is 0 Å². The fourth-order valence-electron chi connectivity index (χ4n) is 1.61. The Kier molecular flexibility index (Phi) is 9.55. The molecule has 0 saturated carbocycles. The second kappa shape index (κ2) is 9.71. The predicted molar refractivity (Wildman–Crippen MR) is 63.1 cm³/mol. The van der Waals surface area contributed by atoms with E-state index in [2.05, 4.69) is 5.32 Å². The molecule has 0 amide bonds. The van der Waals surface area contributed by atoms with Gasteiger partial charge in [-0.05, 0) is 45.6 Å². The molecule has 0 rings (SSSR count). The largest absolute Gasteiger partial charge is 0.389 e. The van der Waals surface area contributed by atoms with Crippen LogP contribution in [0.2, 0.25) is 0 Å². The summed E-state index contributed by atoms with van der Waals surface area (Å²) >= 11 is 0. The first-order chi connectivity index (χ1) is 7.95. The van der Waals surface area contributed by atoms with Gasteiger partial charge in [0.2, 0.25) is 0 Å². The Hall–Kier alpha value is -0.290. The number of hydrogen-bond donors (Lipinski definition) is 1. The molecule has 0 aliphatic heterocycles. The Bertz CT molecular complexity index is 174. The molecule has 5 heteroatoms. The van der Waals surface area contributed by atoms with Crippen LogP contribution in [0, 0.1) is 0 Å². The molecule has 17 heavy (non-hydrogen) atoms. The predicted octanol–water partition coefficient (Wildman–Crippen LogP) is 3.51. The molecule has 0 aromatic heterocycles. The van der Waals surface area contributed by atoms with E-state index in [9.17, 15) is 13.2 Å². The summed E-state index contributed by atoms with van der Waals surface area (Å²) < 4.78 is 40.6. The van der Waals surface area contributed by atoms with Crippen LogP contribution < -0.4 is 5.32 Å². The van der Waals surface area contributed by atoms with Gasteiger partial charge in [-0.25, -0.2) is 0 Å². The van der Waals surface area contributed by atoms with E-state index >= 15 is 0 Å². The van der Waals surface area contributed by atoms with Gasteiger partial charge in [0.05, 0.1) is 0 Å². The molecule has 0 fully saturated rings. The number of methoxy groups -OCH3 is 1. The van der Waals surface area contributed by atoms with E-state index in [-0.39, 0.29) is 12.5 Å². The molecule has 0 aliphatic carbocycles. The van der Waals surface area contributed by atoms with Gasteiger partial charge in [0.1, 0.15) is 0 Å². The van der Waals surface area contributed by atoms with Gasteiger partial charge in [-0.1, -0.05) is 0 Å². The maximum Gasteiger partial charge on any atom is 0.389 e. The van der Waals surface area contributed by atoms with E-state index in [4.69, 9.17) is 4.74 Å². The molecule has 0 aromatic carbocycles. The Balaban J connectivity index is 3.26. The number of unbranched alkanes of at least 4 members (excludes halogenated alkanes) is 2. The highest BCUT2D eigenvalue weighted by atomic mass is 19.4. The minimum atomic E-state index is -4.01. The minimum Gasteiger partial charge on any atom is -0.385 e. The molecule has 0 bridgehead atoms. The molecule has 1 N–H and O–H groups in total. The average Bonchev–Trinajstić information content (AvgIpc) is 2.21. The van der Waals surface area contributed by atoms with Gasteiger partial charge in [0, 0.05) is 26.2 Å². The van der Waals surface area contributed by atoms with Crippen molar-refractivity contribution in [3.05, 3.63) is 0 Å². The van der Waals surface area contributed by atoms with Gasteiger partial charge in [-0.3, -0.25) is 0 Å². The summed E-state index contributed by atoms with van der Waals surface area (Å²) in [4.78, 5) is 0. The monoisotopic (exact) mass is 255 g/mol. The first kappa shape index (κ1) is 16.7. The normalized spacial score (nSPS) is 13.9. The van der Waals surface area contributed by atoms with Crippen molar-refractivity contribution in [3.8, 4) is 0 Å². The number of ether oxygens (including phenoxy) is 1. The third-order valence-electron chi connectivity index (χ3n) is 2.62. The topological polar surface area (TPSA) is 21.3 Å². The van der Waals surface area contributed by atoms with E-state index in [0.29, 0.717) is 6.42 Å². The van der Waals surface area contributed by atoms with Crippen molar-refractivity contribution >= 4 is 0 Å². The van der Waals surface area contributed by atoms with Crippen LogP contribution in [0.1, 0.15) is 45.4 Å². The first-order valence-electron chi connectivity index (χ1n) is 6.25. The van der Waals surface area contributed by atoms with Crippen LogP contribution >= 0.6 is 0 Å². The maximum atomic E-state index is 11.9. The summed E-state index contributed by atoms with van der Waals surface area (Å²) in [7, 11) is 1.68. The molecular formula is C12H24F3NO. The quantitative estimate of drug-likeness (QED) is 0.603. The number of rotatable bonds is 10. The van der Waals surface area contributed by atoms with E-state index < -0.39 is 12.6 Å². The van der Waals surface area contributed by atoms with E-state index in [0.717, 1.165) is 32.4 Å². The van der Waals surface area contributed by atoms with Crippen LogP contribution in [0.4, 0.5) is 13.2 Å². The van der Waals surface area contributed by atoms with Crippen LogP contribution in [0.15, 0.2) is 0 Å². The fraction of sp³-hybridized carbons (Fsp3) is 1.00. The molecule has 2 nitrogen and oxygen atoms in total. The Morgan fingerprint density at radius 2 is 1.82 bits per heavy atom. The molecule has 0 aliphatic rings. The highest BCUT2D eigenvalue weighted by molar-refractivity contribution is 4.62. The lowest BCUT2D eigenvalue weighted by Crippen LogP contribution is -2.27. The number of alkyl halides is 3. The Labute approximate surface area is 102 Å². The maximum absolute atomic E-state index is 11.9. The summed E-state index contributed by atoms with van der Waals surface area (Å²) in [6.07, 6.45) is -0.713. The van der Waals surface area contributed by atoms with Crippen LogP contribution in [0.25, 0.3) is 0 Å². The smallest absolute Gasteiger partial charge is 0.385 e. The van der Waals surface area contributed by atoms with Crippen molar-refractivity contribution < 1.29 is 17.9 Å². The van der Waals surface area contributed by atoms with Crippen molar-refractivity contribution in [2.75, 3.05) is 20.3 Å². The highest BCUT2D eigenvalue weighted by Gasteiger charge is 2.26. The zero-order valence-electron chi connectivity index (χ0n) is 10.8. The summed E-state index contributed by atoms with van der Waals surface area (Å²) in [6.45, 7) is 3.59. The summed E-state index contributed by atoms with van der Waals surface area (Å²) in [5.41, 5.74) is 0. The zero-order chi connectivity index (χ0) is 13.1. The third kappa shape index (κ3) is 13.6. The highest BCUT2D eigenvalue weighted by Crippen LogP contribution is 2.22. The van der Waals surface area contributed by atoms with E-state index in [1.807, 2.05) is 6.92 Å². The van der Waals surface area contributed by atoms with Crippen molar-refractivity contribution in [2.24, 2.45) is 0 Å². The summed E-state index contributed by atoms with van der Waals surface area (Å²) in [5.74, 6) is 0. The first-order valence-corrected chi connectivity index (χ1v) is 6.25. The zero-order valence-corrected chi connectivity index (χ0v) is 10.8. The molecule has 0 saturated heterocycles. The molecule has 1 atom stereocenters. The van der Waals surface area contributed by atoms with Crippen LogP contribution in [0.3, 0.4) is 0 Å². The fourth-order valence-corrected chi connectivity index (χ4v) is 1.61. The van der Waals surface area contributed by atoms with Gasteiger partial charge in [-0.2, -0.15) is 13.2 Å². The standard InChI is InChI=1S/C12H24F3NO/c1-11(7-6-8-12(13,14)15)16-9-4-3-5-10-17-2/h11,16H,3-10H2,1-2H3. The third-order valence-corrected chi connectivity index (χ3v) is 2.62. The summed E-state index contributed by atoms with van der Waals surface area (Å²) in [5, 5.41) is 3.24. The lowest BCUT2D eigenvalue weighted by molar-refractivity contribution is -0.135. The molecule has 0 radical (unpaired) electrons. The number of hydrogen-bond acceptors (Lipinski definition) is 2. The van der Waals surface area contributed by atoms with Crippen LogP contribution in [-0.4, -0.2) is 32.5 Å². The van der Waals surface area contributed by atoms with Crippen molar-refractivity contribution in [2.45, 2.75) is 57.7 Å². The molecule has 0 heterocycles. The van der Waals surface area contributed by atoms with Crippen molar-refractivity contribution in [1.29, 1.82) is 0 Å². The Morgan fingerprint density at radius 1 is 1.12 bits per heavy atom. The van der Waals surface area contributed by atoms with E-state index in [1.54, 1.807) is 7.11 Å². The Morgan fingerprint density at radius 3 is 2.41 bits per heavy atom.